The van der Waals surface area contributed by atoms with Gasteiger partial charge in [0.1, 0.15) is 18.1 Å². The third-order valence-electron chi connectivity index (χ3n) is 3.10. The fourth-order valence-corrected chi connectivity index (χ4v) is 2.35. The van der Waals surface area contributed by atoms with Crippen LogP contribution in [-0.2, 0) is 20.3 Å². The summed E-state index contributed by atoms with van der Waals surface area (Å²) in [5.74, 6) is 0.237. The molecular formula is C15H22N2O7S. The second-order valence-corrected chi connectivity index (χ2v) is 7.37. The van der Waals surface area contributed by atoms with Crippen molar-refractivity contribution in [1.29, 1.82) is 0 Å². The lowest BCUT2D eigenvalue weighted by Gasteiger charge is -2.27. The van der Waals surface area contributed by atoms with Gasteiger partial charge in [-0.15, -0.1) is 0 Å². The van der Waals surface area contributed by atoms with Crippen molar-refractivity contribution in [2.24, 2.45) is 0 Å². The number of amides is 2. The van der Waals surface area contributed by atoms with Gasteiger partial charge in [0.25, 0.3) is 0 Å². The minimum atomic E-state index is -3.73. The molecule has 10 heteroatoms. The van der Waals surface area contributed by atoms with E-state index in [9.17, 15) is 18.0 Å². The standard InChI is InChI=1S/C15H22N2O7S/c1-15(2,9-22-13(18)16-3)11-8-10(24-25(5,20)21)6-7-12(11)23-14(19)17-4/h6-8H,9H2,1-5H3,(H,16,18)(H,17,19). The minimum absolute atomic E-state index is 0.0426. The zero-order chi connectivity index (χ0) is 19.3. The molecule has 0 saturated carbocycles. The number of rotatable bonds is 6. The molecule has 0 spiro atoms. The molecule has 2 amide bonds. The van der Waals surface area contributed by atoms with Crippen molar-refractivity contribution in [1.82, 2.24) is 10.6 Å². The third-order valence-corrected chi connectivity index (χ3v) is 3.60. The molecule has 0 aliphatic rings. The van der Waals surface area contributed by atoms with Crippen molar-refractivity contribution in [3.8, 4) is 11.5 Å². The molecule has 1 aromatic rings. The molecule has 0 unspecified atom stereocenters. The topological polar surface area (TPSA) is 120 Å². The van der Waals surface area contributed by atoms with E-state index in [1.54, 1.807) is 13.8 Å². The molecule has 0 saturated heterocycles. The predicted octanol–water partition coefficient (Wildman–Crippen LogP) is 1.38. The Morgan fingerprint density at radius 3 is 2.24 bits per heavy atom. The smallest absolute Gasteiger partial charge is 0.412 e. The molecule has 1 aromatic carbocycles. The molecule has 0 aliphatic carbocycles. The van der Waals surface area contributed by atoms with Crippen molar-refractivity contribution in [2.75, 3.05) is 27.0 Å². The SMILES string of the molecule is CNC(=O)OCC(C)(C)c1cc(OS(C)(=O)=O)ccc1OC(=O)NC. The number of carbonyl (C=O) groups excluding carboxylic acids is 2. The predicted molar refractivity (Wildman–Crippen MR) is 90.4 cm³/mol. The lowest BCUT2D eigenvalue weighted by atomic mass is 9.84. The molecule has 0 radical (unpaired) electrons. The maximum atomic E-state index is 11.5. The van der Waals surface area contributed by atoms with Gasteiger partial charge in [0.05, 0.1) is 6.26 Å². The van der Waals surface area contributed by atoms with Crippen LogP contribution in [0.5, 0.6) is 11.5 Å². The Labute approximate surface area is 146 Å². The first kappa shape index (κ1) is 20.6. The molecule has 1 rings (SSSR count). The van der Waals surface area contributed by atoms with Gasteiger partial charge < -0.3 is 24.3 Å². The van der Waals surface area contributed by atoms with Crippen LogP contribution in [0.15, 0.2) is 18.2 Å². The van der Waals surface area contributed by atoms with E-state index in [1.807, 2.05) is 0 Å². The van der Waals surface area contributed by atoms with Crippen LogP contribution < -0.4 is 19.6 Å². The highest BCUT2D eigenvalue weighted by Crippen LogP contribution is 2.35. The number of carbonyl (C=O) groups is 2. The van der Waals surface area contributed by atoms with E-state index in [-0.39, 0.29) is 18.1 Å². The Morgan fingerprint density at radius 2 is 1.72 bits per heavy atom. The number of hydrogen-bond acceptors (Lipinski definition) is 7. The summed E-state index contributed by atoms with van der Waals surface area (Å²) in [5, 5.41) is 4.65. The Hall–Kier alpha value is -2.49. The van der Waals surface area contributed by atoms with E-state index in [2.05, 4.69) is 10.6 Å². The Bertz CT molecular complexity index is 744. The van der Waals surface area contributed by atoms with Crippen LogP contribution in [0.3, 0.4) is 0 Å². The molecule has 2 N–H and O–H groups in total. The molecule has 0 bridgehead atoms. The van der Waals surface area contributed by atoms with E-state index in [4.69, 9.17) is 13.7 Å². The maximum absolute atomic E-state index is 11.5. The van der Waals surface area contributed by atoms with E-state index in [0.29, 0.717) is 5.56 Å². The van der Waals surface area contributed by atoms with Gasteiger partial charge in [-0.2, -0.15) is 8.42 Å². The molecule has 9 nitrogen and oxygen atoms in total. The van der Waals surface area contributed by atoms with Crippen molar-refractivity contribution in [3.63, 3.8) is 0 Å². The van der Waals surface area contributed by atoms with Crippen molar-refractivity contribution < 1.29 is 31.7 Å². The fraction of sp³-hybridized carbons (Fsp3) is 0.467. The van der Waals surface area contributed by atoms with Gasteiger partial charge in [-0.05, 0) is 18.2 Å². The van der Waals surface area contributed by atoms with Crippen molar-refractivity contribution in [3.05, 3.63) is 23.8 Å². The van der Waals surface area contributed by atoms with Gasteiger partial charge in [-0.3, -0.25) is 0 Å². The third kappa shape index (κ3) is 6.49. The number of ether oxygens (including phenoxy) is 2. The van der Waals surface area contributed by atoms with Crippen molar-refractivity contribution >= 4 is 22.3 Å². The highest BCUT2D eigenvalue weighted by molar-refractivity contribution is 7.86. The first-order valence-corrected chi connectivity index (χ1v) is 9.08. The van der Waals surface area contributed by atoms with Gasteiger partial charge >= 0.3 is 22.3 Å². The first-order chi connectivity index (χ1) is 11.5. The minimum Gasteiger partial charge on any atom is -0.449 e. The van der Waals surface area contributed by atoms with Gasteiger partial charge in [0.2, 0.25) is 0 Å². The van der Waals surface area contributed by atoms with Crippen LogP contribution in [0.25, 0.3) is 0 Å². The number of hydrogen-bond donors (Lipinski definition) is 2. The van der Waals surface area contributed by atoms with E-state index in [0.717, 1.165) is 6.26 Å². The lowest BCUT2D eigenvalue weighted by molar-refractivity contribution is 0.124. The average Bonchev–Trinajstić information content (AvgIpc) is 2.52. The summed E-state index contributed by atoms with van der Waals surface area (Å²) in [6.45, 7) is 3.44. The first-order valence-electron chi connectivity index (χ1n) is 7.26. The second-order valence-electron chi connectivity index (χ2n) is 5.79. The van der Waals surface area contributed by atoms with Gasteiger partial charge in [-0.1, -0.05) is 13.8 Å². The average molecular weight is 374 g/mol. The second kappa shape index (κ2) is 8.06. The summed E-state index contributed by atoms with van der Waals surface area (Å²) in [6.07, 6.45) is -0.395. The lowest BCUT2D eigenvalue weighted by Crippen LogP contribution is -2.31. The Balaban J connectivity index is 3.26. The summed E-state index contributed by atoms with van der Waals surface area (Å²) >= 11 is 0. The summed E-state index contributed by atoms with van der Waals surface area (Å²) in [6, 6.07) is 4.19. The van der Waals surface area contributed by atoms with Crippen LogP contribution in [0.2, 0.25) is 0 Å². The zero-order valence-corrected chi connectivity index (χ0v) is 15.5. The molecule has 0 atom stereocenters. The van der Waals surface area contributed by atoms with Crippen LogP contribution in [0, 0.1) is 0 Å². The Morgan fingerprint density at radius 1 is 1.12 bits per heavy atom. The van der Waals surface area contributed by atoms with Crippen molar-refractivity contribution in [2.45, 2.75) is 19.3 Å². The zero-order valence-electron chi connectivity index (χ0n) is 14.7. The van der Waals surface area contributed by atoms with Gasteiger partial charge in [0, 0.05) is 25.1 Å². The summed E-state index contributed by atoms with van der Waals surface area (Å²) in [7, 11) is -0.893. The monoisotopic (exact) mass is 374 g/mol. The largest absolute Gasteiger partial charge is 0.449 e. The Kier molecular flexibility index (Phi) is 6.63. The molecule has 0 heterocycles. The van der Waals surface area contributed by atoms with E-state index >= 15 is 0 Å². The molecule has 0 aliphatic heterocycles. The maximum Gasteiger partial charge on any atom is 0.412 e. The van der Waals surface area contributed by atoms with Gasteiger partial charge in [0.15, 0.2) is 0 Å². The fourth-order valence-electron chi connectivity index (χ4n) is 1.90. The van der Waals surface area contributed by atoms with Crippen LogP contribution in [0.1, 0.15) is 19.4 Å². The van der Waals surface area contributed by atoms with E-state index in [1.165, 1.54) is 32.3 Å². The van der Waals surface area contributed by atoms with E-state index < -0.39 is 27.7 Å². The molecule has 140 valence electrons. The van der Waals surface area contributed by atoms with Crippen LogP contribution in [-0.4, -0.2) is 47.6 Å². The normalized spacial score (nSPS) is 11.4. The highest BCUT2D eigenvalue weighted by atomic mass is 32.2. The van der Waals surface area contributed by atoms with Crippen LogP contribution >= 0.6 is 0 Å². The summed E-state index contributed by atoms with van der Waals surface area (Å²) in [4.78, 5) is 22.9. The quantitative estimate of drug-likeness (QED) is 0.722. The molecule has 0 fully saturated rings. The summed E-state index contributed by atoms with van der Waals surface area (Å²) in [5.41, 5.74) is -0.367. The van der Waals surface area contributed by atoms with Crippen LogP contribution in [0.4, 0.5) is 9.59 Å². The summed E-state index contributed by atoms with van der Waals surface area (Å²) < 4.78 is 37.8. The molecule has 0 aromatic heterocycles. The number of benzene rings is 1. The molecule has 25 heavy (non-hydrogen) atoms. The number of nitrogens with one attached hydrogen (secondary N) is 2. The highest BCUT2D eigenvalue weighted by Gasteiger charge is 2.28. The molecular weight excluding hydrogens is 352 g/mol. The van der Waals surface area contributed by atoms with Gasteiger partial charge in [-0.25, -0.2) is 9.59 Å². The number of alkyl carbamates (subject to hydrolysis) is 1.